The molecule has 0 aliphatic heterocycles. The minimum atomic E-state index is -0.346. The lowest BCUT2D eigenvalue weighted by atomic mass is 10.1. The Labute approximate surface area is 122 Å². The number of nitrogens with zero attached hydrogens (tertiary/aromatic N) is 3. The molecule has 0 bridgehead atoms. The average Bonchev–Trinajstić information content (AvgIpc) is 2.48. The molecule has 0 saturated carbocycles. The number of hydrogen-bond acceptors (Lipinski definition) is 4. The molecule has 0 aliphatic carbocycles. The highest BCUT2D eigenvalue weighted by Crippen LogP contribution is 2.25. The molecule has 0 amide bonds. The van der Waals surface area contributed by atoms with Crippen LogP contribution in [0.25, 0.3) is 22.3 Å². The van der Waals surface area contributed by atoms with Gasteiger partial charge in [0.25, 0.3) is 0 Å². The van der Waals surface area contributed by atoms with Gasteiger partial charge in [-0.25, -0.2) is 14.4 Å². The van der Waals surface area contributed by atoms with E-state index in [9.17, 15) is 4.39 Å². The quantitative estimate of drug-likeness (QED) is 0.784. The molecule has 4 nitrogen and oxygen atoms in total. The molecule has 3 aromatic rings. The first-order valence-electron chi connectivity index (χ1n) is 6.55. The fourth-order valence-corrected chi connectivity index (χ4v) is 2.16. The lowest BCUT2D eigenvalue weighted by Gasteiger charge is -2.12. The van der Waals surface area contributed by atoms with Gasteiger partial charge >= 0.3 is 0 Å². The van der Waals surface area contributed by atoms with Crippen molar-refractivity contribution in [1.29, 1.82) is 0 Å². The van der Waals surface area contributed by atoms with Gasteiger partial charge in [-0.2, -0.15) is 0 Å². The number of benzene rings is 2. The fourth-order valence-electron chi connectivity index (χ4n) is 2.16. The zero-order chi connectivity index (χ0) is 15.0. The van der Waals surface area contributed by atoms with Crippen LogP contribution in [0.4, 0.5) is 15.9 Å². The van der Waals surface area contributed by atoms with E-state index in [1.807, 2.05) is 43.3 Å². The molecule has 3 rings (SSSR count). The summed E-state index contributed by atoms with van der Waals surface area (Å²) in [6.07, 6.45) is 0. The van der Waals surface area contributed by atoms with Gasteiger partial charge in [0.05, 0.1) is 5.52 Å². The van der Waals surface area contributed by atoms with E-state index in [2.05, 4.69) is 9.97 Å². The summed E-state index contributed by atoms with van der Waals surface area (Å²) in [6, 6.07) is 12.2. The first-order chi connectivity index (χ1) is 10.0. The summed E-state index contributed by atoms with van der Waals surface area (Å²) in [6.45, 7) is 0. The Hall–Kier alpha value is -2.69. The van der Waals surface area contributed by atoms with Gasteiger partial charge in [-0.15, -0.1) is 0 Å². The third kappa shape index (κ3) is 2.50. The molecule has 0 saturated heterocycles. The van der Waals surface area contributed by atoms with Gasteiger partial charge in [-0.1, -0.05) is 0 Å². The summed E-state index contributed by atoms with van der Waals surface area (Å²) in [5.41, 5.74) is 8.52. The molecule has 5 heteroatoms. The first kappa shape index (κ1) is 13.3. The van der Waals surface area contributed by atoms with E-state index >= 15 is 0 Å². The van der Waals surface area contributed by atoms with Crippen LogP contribution in [0.15, 0.2) is 42.5 Å². The Morgan fingerprint density at radius 1 is 1.00 bits per heavy atom. The largest absolute Gasteiger partial charge is 0.383 e. The Morgan fingerprint density at radius 2 is 1.71 bits per heavy atom. The van der Waals surface area contributed by atoms with Crippen LogP contribution < -0.4 is 10.6 Å². The second-order valence-corrected chi connectivity index (χ2v) is 5.04. The van der Waals surface area contributed by atoms with E-state index < -0.39 is 0 Å². The van der Waals surface area contributed by atoms with Crippen LogP contribution in [-0.4, -0.2) is 24.1 Å². The van der Waals surface area contributed by atoms with Crippen molar-refractivity contribution in [2.24, 2.45) is 0 Å². The van der Waals surface area contributed by atoms with Gasteiger partial charge in [-0.05, 0) is 42.5 Å². The lowest BCUT2D eigenvalue weighted by molar-refractivity contribution is 0.629. The van der Waals surface area contributed by atoms with Crippen molar-refractivity contribution in [3.05, 3.63) is 48.3 Å². The third-order valence-electron chi connectivity index (χ3n) is 3.33. The average molecular weight is 282 g/mol. The maximum Gasteiger partial charge on any atom is 0.162 e. The van der Waals surface area contributed by atoms with Crippen molar-refractivity contribution in [3.8, 4) is 11.4 Å². The highest BCUT2D eigenvalue weighted by atomic mass is 19.1. The molecule has 0 radical (unpaired) electrons. The molecule has 0 spiro atoms. The zero-order valence-corrected chi connectivity index (χ0v) is 11.8. The van der Waals surface area contributed by atoms with E-state index in [4.69, 9.17) is 5.73 Å². The molecule has 0 unspecified atom stereocenters. The van der Waals surface area contributed by atoms with E-state index in [-0.39, 0.29) is 11.6 Å². The fraction of sp³-hybridized carbons (Fsp3) is 0.125. The number of hydrogen-bond donors (Lipinski definition) is 1. The molecular weight excluding hydrogens is 267 g/mol. The van der Waals surface area contributed by atoms with Crippen molar-refractivity contribution < 1.29 is 4.39 Å². The second kappa shape index (κ2) is 5.01. The van der Waals surface area contributed by atoms with Crippen molar-refractivity contribution in [2.75, 3.05) is 24.7 Å². The van der Waals surface area contributed by atoms with Crippen LogP contribution in [0.3, 0.4) is 0 Å². The first-order valence-corrected chi connectivity index (χ1v) is 6.55. The van der Waals surface area contributed by atoms with Gasteiger partial charge in [0.15, 0.2) is 5.82 Å². The van der Waals surface area contributed by atoms with E-state index in [1.165, 1.54) is 12.1 Å². The third-order valence-corrected chi connectivity index (χ3v) is 3.33. The molecular formula is C16H15FN4. The highest BCUT2D eigenvalue weighted by Gasteiger charge is 2.08. The maximum absolute atomic E-state index is 13.2. The minimum absolute atomic E-state index is 0.284. The van der Waals surface area contributed by atoms with Gasteiger partial charge in [0, 0.05) is 30.7 Å². The smallest absolute Gasteiger partial charge is 0.162 e. The molecule has 2 N–H and O–H groups in total. The zero-order valence-electron chi connectivity index (χ0n) is 11.8. The standard InChI is InChI=1S/C16H15FN4/c1-21(2)12-6-3-10(4-7-12)16-19-14-8-5-11(17)9-13(14)15(18)20-16/h3-9H,1-2H3,(H2,18,19,20). The summed E-state index contributed by atoms with van der Waals surface area (Å²) >= 11 is 0. The SMILES string of the molecule is CN(C)c1ccc(-c2nc(N)c3cc(F)ccc3n2)cc1. The monoisotopic (exact) mass is 282 g/mol. The Morgan fingerprint density at radius 3 is 2.38 bits per heavy atom. The van der Waals surface area contributed by atoms with Crippen molar-refractivity contribution >= 4 is 22.4 Å². The van der Waals surface area contributed by atoms with Crippen molar-refractivity contribution in [3.63, 3.8) is 0 Å². The maximum atomic E-state index is 13.2. The highest BCUT2D eigenvalue weighted by molar-refractivity contribution is 5.89. The van der Waals surface area contributed by atoms with E-state index in [1.54, 1.807) is 6.07 Å². The predicted octanol–water partition coefficient (Wildman–Crippen LogP) is 3.08. The number of aromatic nitrogens is 2. The van der Waals surface area contributed by atoms with Crippen LogP contribution in [0, 0.1) is 5.82 Å². The Bertz CT molecular complexity index is 797. The van der Waals surface area contributed by atoms with Crippen LogP contribution in [0.2, 0.25) is 0 Å². The molecule has 0 atom stereocenters. The number of rotatable bonds is 2. The van der Waals surface area contributed by atoms with Gasteiger partial charge in [0.2, 0.25) is 0 Å². The number of nitrogen functional groups attached to an aromatic ring is 1. The number of nitrogens with two attached hydrogens (primary N) is 1. The summed E-state index contributed by atoms with van der Waals surface area (Å²) in [5, 5.41) is 0.531. The van der Waals surface area contributed by atoms with Crippen LogP contribution >= 0.6 is 0 Å². The van der Waals surface area contributed by atoms with Crippen molar-refractivity contribution in [2.45, 2.75) is 0 Å². The molecule has 1 heterocycles. The molecule has 2 aromatic carbocycles. The van der Waals surface area contributed by atoms with Crippen molar-refractivity contribution in [1.82, 2.24) is 9.97 Å². The lowest BCUT2D eigenvalue weighted by Crippen LogP contribution is -2.08. The number of fused-ring (bicyclic) bond motifs is 1. The van der Waals surface area contributed by atoms with E-state index in [0.29, 0.717) is 16.7 Å². The molecule has 106 valence electrons. The van der Waals surface area contributed by atoms with Crippen LogP contribution in [0.1, 0.15) is 0 Å². The molecule has 1 aromatic heterocycles. The second-order valence-electron chi connectivity index (χ2n) is 5.04. The van der Waals surface area contributed by atoms with Crippen LogP contribution in [0.5, 0.6) is 0 Å². The summed E-state index contributed by atoms with van der Waals surface area (Å²) < 4.78 is 13.2. The summed E-state index contributed by atoms with van der Waals surface area (Å²) in [5.74, 6) is 0.476. The predicted molar refractivity (Wildman–Crippen MR) is 83.7 cm³/mol. The molecule has 0 aliphatic rings. The van der Waals surface area contributed by atoms with E-state index in [0.717, 1.165) is 11.3 Å². The van der Waals surface area contributed by atoms with Gasteiger partial charge < -0.3 is 10.6 Å². The van der Waals surface area contributed by atoms with Gasteiger partial charge in [-0.3, -0.25) is 0 Å². The topological polar surface area (TPSA) is 55.0 Å². The minimum Gasteiger partial charge on any atom is -0.383 e. The number of halogens is 1. The Kier molecular flexibility index (Phi) is 3.17. The molecule has 0 fully saturated rings. The summed E-state index contributed by atoms with van der Waals surface area (Å²) in [7, 11) is 3.96. The Balaban J connectivity index is 2.10. The number of anilines is 2. The van der Waals surface area contributed by atoms with Gasteiger partial charge in [0.1, 0.15) is 11.6 Å². The normalized spacial score (nSPS) is 10.8. The molecule has 21 heavy (non-hydrogen) atoms. The summed E-state index contributed by atoms with van der Waals surface area (Å²) in [4.78, 5) is 10.7. The van der Waals surface area contributed by atoms with Crippen LogP contribution in [-0.2, 0) is 0 Å².